The van der Waals surface area contributed by atoms with E-state index in [4.69, 9.17) is 0 Å². The number of carbonyl (C=O) groups excluding carboxylic acids is 3. The Labute approximate surface area is 151 Å². The summed E-state index contributed by atoms with van der Waals surface area (Å²) in [5, 5.41) is 0. The Morgan fingerprint density at radius 3 is 2.35 bits per heavy atom. The molecule has 4 nitrogen and oxygen atoms in total. The molecule has 0 spiro atoms. The van der Waals surface area contributed by atoms with Gasteiger partial charge in [-0.25, -0.2) is 4.90 Å². The molecular weight excluding hydrogens is 326 g/mol. The summed E-state index contributed by atoms with van der Waals surface area (Å²) >= 11 is 0. The Hall–Kier alpha value is -2.75. The zero-order valence-corrected chi connectivity index (χ0v) is 14.7. The summed E-state index contributed by atoms with van der Waals surface area (Å²) in [4.78, 5) is 40.7. The largest absolute Gasteiger partial charge is 0.299 e. The van der Waals surface area contributed by atoms with E-state index in [1.165, 1.54) is 4.90 Å². The van der Waals surface area contributed by atoms with Gasteiger partial charge in [-0.1, -0.05) is 36.4 Å². The number of benzene rings is 2. The van der Waals surface area contributed by atoms with Gasteiger partial charge in [-0.2, -0.15) is 0 Å². The van der Waals surface area contributed by atoms with Crippen molar-refractivity contribution in [2.45, 2.75) is 32.1 Å². The normalized spacial score (nSPS) is 29.2. The molecule has 2 bridgehead atoms. The Morgan fingerprint density at radius 2 is 1.58 bits per heavy atom. The van der Waals surface area contributed by atoms with Gasteiger partial charge in [0, 0.05) is 12.3 Å². The Morgan fingerprint density at radius 1 is 0.885 bits per heavy atom. The minimum absolute atomic E-state index is 0.0962. The molecule has 6 rings (SSSR count). The highest BCUT2D eigenvalue weighted by Gasteiger charge is 2.62. The minimum atomic E-state index is -0.552. The maximum Gasteiger partial charge on any atom is 0.238 e. The molecule has 2 aromatic carbocycles. The van der Waals surface area contributed by atoms with Gasteiger partial charge in [0.15, 0.2) is 0 Å². The van der Waals surface area contributed by atoms with Gasteiger partial charge in [0.05, 0.1) is 23.4 Å². The molecule has 1 heterocycles. The highest BCUT2D eigenvalue weighted by Crippen LogP contribution is 2.57. The van der Waals surface area contributed by atoms with Crippen LogP contribution in [0, 0.1) is 25.7 Å². The van der Waals surface area contributed by atoms with Crippen molar-refractivity contribution in [3.05, 3.63) is 64.7 Å². The van der Waals surface area contributed by atoms with Crippen LogP contribution in [0.15, 0.2) is 42.5 Å². The SMILES string of the molecule is Cc1ccc(C)c(N2C(=O)[C@@H]3[C@H](C2=O)[C@H]2CC(=O)[C@H]3c3ccccc32)c1. The number of ketones is 1. The number of nitrogens with zero attached hydrogens (tertiary/aromatic N) is 1. The lowest BCUT2D eigenvalue weighted by molar-refractivity contribution is -0.134. The number of rotatable bonds is 1. The van der Waals surface area contributed by atoms with Gasteiger partial charge in [0.25, 0.3) is 0 Å². The molecule has 2 fully saturated rings. The van der Waals surface area contributed by atoms with Gasteiger partial charge in [0.2, 0.25) is 11.8 Å². The van der Waals surface area contributed by atoms with Crippen LogP contribution in [-0.2, 0) is 14.4 Å². The smallest absolute Gasteiger partial charge is 0.238 e. The molecule has 0 N–H and O–H groups in total. The van der Waals surface area contributed by atoms with E-state index >= 15 is 0 Å². The molecule has 0 unspecified atom stereocenters. The van der Waals surface area contributed by atoms with Crippen molar-refractivity contribution in [3.8, 4) is 0 Å². The number of carbonyl (C=O) groups is 3. The van der Waals surface area contributed by atoms with Gasteiger partial charge in [-0.15, -0.1) is 0 Å². The van der Waals surface area contributed by atoms with Crippen LogP contribution in [0.3, 0.4) is 0 Å². The first-order valence-electron chi connectivity index (χ1n) is 9.05. The maximum absolute atomic E-state index is 13.3. The van der Waals surface area contributed by atoms with Gasteiger partial charge in [0.1, 0.15) is 5.78 Å². The van der Waals surface area contributed by atoms with Gasteiger partial charge in [-0.05, 0) is 42.2 Å². The summed E-state index contributed by atoms with van der Waals surface area (Å²) in [6.45, 7) is 3.86. The number of Topliss-reactive ketones (excluding diaryl/α,β-unsaturated/α-hetero) is 1. The molecule has 2 amide bonds. The third kappa shape index (κ3) is 1.82. The highest BCUT2D eigenvalue weighted by atomic mass is 16.2. The van der Waals surface area contributed by atoms with E-state index in [-0.39, 0.29) is 23.5 Å². The van der Waals surface area contributed by atoms with Crippen LogP contribution in [0.1, 0.15) is 40.5 Å². The zero-order valence-electron chi connectivity index (χ0n) is 14.7. The summed E-state index contributed by atoms with van der Waals surface area (Å²) in [7, 11) is 0. The highest BCUT2D eigenvalue weighted by molar-refractivity contribution is 6.25. The number of imide groups is 1. The molecule has 4 heteroatoms. The van der Waals surface area contributed by atoms with Gasteiger partial charge >= 0.3 is 0 Å². The van der Waals surface area contributed by atoms with Crippen LogP contribution in [0.25, 0.3) is 0 Å². The minimum Gasteiger partial charge on any atom is -0.299 e. The first-order chi connectivity index (χ1) is 12.5. The number of anilines is 1. The molecule has 1 saturated carbocycles. The van der Waals surface area contributed by atoms with E-state index in [1.54, 1.807) is 0 Å². The molecule has 4 atom stereocenters. The standard InChI is InChI=1S/C22H19NO3/c1-11-7-8-12(2)16(9-11)23-21(25)19-15-10-17(24)18(20(19)22(23)26)14-6-4-3-5-13(14)15/h3-9,15,18-20H,10H2,1-2H3/t15-,18+,19+,20-/m0/s1. The molecule has 4 aliphatic rings. The number of amides is 2. The molecule has 2 aromatic rings. The number of fused-ring (bicyclic) bond motifs is 1. The fourth-order valence-electron chi connectivity index (χ4n) is 5.16. The van der Waals surface area contributed by atoms with E-state index < -0.39 is 17.8 Å². The molecular formula is C22H19NO3. The van der Waals surface area contributed by atoms with E-state index in [2.05, 4.69) is 0 Å². The lowest BCUT2D eigenvalue weighted by Gasteiger charge is -2.43. The van der Waals surface area contributed by atoms with Gasteiger partial charge < -0.3 is 0 Å². The van der Waals surface area contributed by atoms with E-state index in [1.807, 2.05) is 56.3 Å². The van der Waals surface area contributed by atoms with Crippen LogP contribution in [-0.4, -0.2) is 17.6 Å². The van der Waals surface area contributed by atoms with Gasteiger partial charge in [-0.3, -0.25) is 14.4 Å². The fourth-order valence-corrected chi connectivity index (χ4v) is 5.16. The quantitative estimate of drug-likeness (QED) is 0.746. The number of hydrogen-bond donors (Lipinski definition) is 0. The Kier molecular flexibility index (Phi) is 3.06. The molecule has 0 aromatic heterocycles. The van der Waals surface area contributed by atoms with Crippen molar-refractivity contribution >= 4 is 23.3 Å². The lowest BCUT2D eigenvalue weighted by atomic mass is 9.56. The van der Waals surface area contributed by atoms with Crippen molar-refractivity contribution in [2.24, 2.45) is 11.8 Å². The van der Waals surface area contributed by atoms with Crippen LogP contribution >= 0.6 is 0 Å². The summed E-state index contributed by atoms with van der Waals surface area (Å²) in [6.07, 6.45) is 0.364. The topological polar surface area (TPSA) is 54.5 Å². The molecule has 26 heavy (non-hydrogen) atoms. The Bertz CT molecular complexity index is 993. The van der Waals surface area contributed by atoms with Crippen LogP contribution in [0.4, 0.5) is 5.69 Å². The van der Waals surface area contributed by atoms with Crippen molar-refractivity contribution in [2.75, 3.05) is 4.90 Å². The third-order valence-electron chi connectivity index (χ3n) is 6.29. The van der Waals surface area contributed by atoms with Crippen molar-refractivity contribution < 1.29 is 14.4 Å². The fraction of sp³-hybridized carbons (Fsp3) is 0.318. The average Bonchev–Trinajstić information content (AvgIpc) is 2.89. The van der Waals surface area contributed by atoms with E-state index in [9.17, 15) is 14.4 Å². The summed E-state index contributed by atoms with van der Waals surface area (Å²) in [6, 6.07) is 13.6. The molecule has 0 radical (unpaired) electrons. The molecule has 1 aliphatic heterocycles. The van der Waals surface area contributed by atoms with Crippen molar-refractivity contribution in [1.29, 1.82) is 0 Å². The van der Waals surface area contributed by atoms with Crippen molar-refractivity contribution in [3.63, 3.8) is 0 Å². The second kappa shape index (κ2) is 5.13. The first kappa shape index (κ1) is 15.5. The van der Waals surface area contributed by atoms with Crippen LogP contribution in [0.5, 0.6) is 0 Å². The summed E-state index contributed by atoms with van der Waals surface area (Å²) in [5.74, 6) is -1.90. The summed E-state index contributed by atoms with van der Waals surface area (Å²) in [5.41, 5.74) is 4.57. The second-order valence-corrected chi connectivity index (χ2v) is 7.74. The predicted octanol–water partition coefficient (Wildman–Crippen LogP) is 3.26. The summed E-state index contributed by atoms with van der Waals surface area (Å²) < 4.78 is 0. The third-order valence-corrected chi connectivity index (χ3v) is 6.29. The maximum atomic E-state index is 13.3. The molecule has 1 saturated heterocycles. The Balaban J connectivity index is 1.68. The van der Waals surface area contributed by atoms with E-state index in [0.717, 1.165) is 22.3 Å². The van der Waals surface area contributed by atoms with Crippen LogP contribution in [0.2, 0.25) is 0 Å². The monoisotopic (exact) mass is 345 g/mol. The number of aryl methyl sites for hydroxylation is 2. The zero-order chi connectivity index (χ0) is 18.2. The average molecular weight is 345 g/mol. The first-order valence-corrected chi connectivity index (χ1v) is 9.05. The number of hydrogen-bond acceptors (Lipinski definition) is 3. The van der Waals surface area contributed by atoms with Crippen molar-refractivity contribution in [1.82, 2.24) is 0 Å². The second-order valence-electron chi connectivity index (χ2n) is 7.74. The van der Waals surface area contributed by atoms with E-state index in [0.29, 0.717) is 12.1 Å². The van der Waals surface area contributed by atoms with Crippen LogP contribution < -0.4 is 4.90 Å². The molecule has 3 aliphatic carbocycles. The molecule has 130 valence electrons. The predicted molar refractivity (Wildman–Crippen MR) is 96.9 cm³/mol. The lowest BCUT2D eigenvalue weighted by Crippen LogP contribution is -2.44.